The largest absolute Gasteiger partial charge is 0.496 e. The SMILES string of the molecule is CCCCOC(=O)c1ccc(NC(=O)c2ccc(OC)c(COc3ccccc3OC)c2)cc1. The van der Waals surface area contributed by atoms with Crippen LogP contribution in [-0.2, 0) is 11.3 Å². The van der Waals surface area contributed by atoms with Crippen LogP contribution in [0.5, 0.6) is 17.2 Å². The summed E-state index contributed by atoms with van der Waals surface area (Å²) in [6, 6.07) is 19.1. The standard InChI is InChI=1S/C27H29NO6/c1-4-5-16-33-27(30)19-10-13-22(14-11-19)28-26(29)20-12-15-23(31-2)21(17-20)18-34-25-9-7-6-8-24(25)32-3/h6-15,17H,4-5,16,18H2,1-3H3,(H,28,29). The van der Waals surface area contributed by atoms with Gasteiger partial charge in [-0.15, -0.1) is 0 Å². The molecule has 3 aromatic rings. The predicted molar refractivity (Wildman–Crippen MR) is 130 cm³/mol. The van der Waals surface area contributed by atoms with Gasteiger partial charge in [0.2, 0.25) is 0 Å². The fraction of sp³-hybridized carbons (Fsp3) is 0.259. The van der Waals surface area contributed by atoms with Gasteiger partial charge in [0.25, 0.3) is 5.91 Å². The van der Waals surface area contributed by atoms with Crippen molar-refractivity contribution in [3.05, 3.63) is 83.4 Å². The Kier molecular flexibility index (Phi) is 8.91. The van der Waals surface area contributed by atoms with Crippen LogP contribution >= 0.6 is 0 Å². The molecule has 0 aromatic heterocycles. The van der Waals surface area contributed by atoms with E-state index in [1.807, 2.05) is 31.2 Å². The summed E-state index contributed by atoms with van der Waals surface area (Å²) < 4.78 is 21.8. The first-order valence-electron chi connectivity index (χ1n) is 11.1. The number of nitrogens with one attached hydrogen (secondary N) is 1. The molecule has 0 fully saturated rings. The number of esters is 1. The maximum Gasteiger partial charge on any atom is 0.338 e. The summed E-state index contributed by atoms with van der Waals surface area (Å²) in [4.78, 5) is 24.9. The number of hydrogen-bond acceptors (Lipinski definition) is 6. The molecular formula is C27H29NO6. The maximum absolute atomic E-state index is 12.8. The topological polar surface area (TPSA) is 83.1 Å². The number of methoxy groups -OCH3 is 2. The zero-order chi connectivity index (χ0) is 24.3. The second kappa shape index (κ2) is 12.3. The smallest absolute Gasteiger partial charge is 0.338 e. The monoisotopic (exact) mass is 463 g/mol. The van der Waals surface area contributed by atoms with E-state index in [0.29, 0.717) is 46.2 Å². The summed E-state index contributed by atoms with van der Waals surface area (Å²) in [5.41, 5.74) is 2.17. The molecule has 7 heteroatoms. The normalized spacial score (nSPS) is 10.3. The number of carbonyl (C=O) groups excluding carboxylic acids is 2. The van der Waals surface area contributed by atoms with Crippen molar-refractivity contribution >= 4 is 17.6 Å². The molecule has 0 aliphatic rings. The van der Waals surface area contributed by atoms with Gasteiger partial charge in [0.15, 0.2) is 11.5 Å². The molecule has 0 saturated heterocycles. The Balaban J connectivity index is 1.67. The lowest BCUT2D eigenvalue weighted by atomic mass is 10.1. The van der Waals surface area contributed by atoms with Gasteiger partial charge in [0, 0.05) is 16.8 Å². The van der Waals surface area contributed by atoms with Crippen molar-refractivity contribution in [1.82, 2.24) is 0 Å². The minimum Gasteiger partial charge on any atom is -0.496 e. The first kappa shape index (κ1) is 24.6. The molecule has 0 saturated carbocycles. The fourth-order valence-corrected chi connectivity index (χ4v) is 3.21. The van der Waals surface area contributed by atoms with Gasteiger partial charge in [-0.05, 0) is 61.0 Å². The van der Waals surface area contributed by atoms with Gasteiger partial charge < -0.3 is 24.3 Å². The number of anilines is 1. The van der Waals surface area contributed by atoms with Crippen molar-refractivity contribution < 1.29 is 28.5 Å². The van der Waals surface area contributed by atoms with Crippen LogP contribution in [0.25, 0.3) is 0 Å². The first-order chi connectivity index (χ1) is 16.5. The highest BCUT2D eigenvalue weighted by atomic mass is 16.5. The van der Waals surface area contributed by atoms with Crippen LogP contribution in [0.3, 0.4) is 0 Å². The number of ether oxygens (including phenoxy) is 4. The van der Waals surface area contributed by atoms with Crippen LogP contribution in [0.15, 0.2) is 66.7 Å². The van der Waals surface area contributed by atoms with E-state index in [0.717, 1.165) is 12.8 Å². The summed E-state index contributed by atoms with van der Waals surface area (Å²) in [6.07, 6.45) is 1.78. The molecule has 0 spiro atoms. The van der Waals surface area contributed by atoms with Gasteiger partial charge in [-0.1, -0.05) is 25.5 Å². The molecule has 3 aromatic carbocycles. The second-order valence-electron chi connectivity index (χ2n) is 7.49. The molecule has 1 amide bonds. The van der Waals surface area contributed by atoms with E-state index >= 15 is 0 Å². The van der Waals surface area contributed by atoms with Crippen molar-refractivity contribution in [1.29, 1.82) is 0 Å². The first-order valence-corrected chi connectivity index (χ1v) is 11.1. The Hall–Kier alpha value is -4.00. The molecule has 0 radical (unpaired) electrons. The van der Waals surface area contributed by atoms with Gasteiger partial charge in [0.1, 0.15) is 12.4 Å². The fourth-order valence-electron chi connectivity index (χ4n) is 3.21. The lowest BCUT2D eigenvalue weighted by Crippen LogP contribution is -2.13. The van der Waals surface area contributed by atoms with Crippen molar-refractivity contribution in [3.63, 3.8) is 0 Å². The van der Waals surface area contributed by atoms with Crippen LogP contribution in [0, 0.1) is 0 Å². The molecule has 0 aliphatic carbocycles. The van der Waals surface area contributed by atoms with Gasteiger partial charge in [-0.3, -0.25) is 4.79 Å². The van der Waals surface area contributed by atoms with Crippen LogP contribution < -0.4 is 19.5 Å². The molecular weight excluding hydrogens is 434 g/mol. The predicted octanol–water partition coefficient (Wildman–Crippen LogP) is 5.49. The van der Waals surface area contributed by atoms with Crippen LogP contribution in [0.4, 0.5) is 5.69 Å². The van der Waals surface area contributed by atoms with Crippen molar-refractivity contribution in [2.24, 2.45) is 0 Å². The third kappa shape index (κ3) is 6.51. The summed E-state index contributed by atoms with van der Waals surface area (Å²) in [6.45, 7) is 2.62. The van der Waals surface area contributed by atoms with Crippen LogP contribution in [0.2, 0.25) is 0 Å². The highest BCUT2D eigenvalue weighted by molar-refractivity contribution is 6.04. The van der Waals surface area contributed by atoms with E-state index in [4.69, 9.17) is 18.9 Å². The highest BCUT2D eigenvalue weighted by Crippen LogP contribution is 2.28. The number of rotatable bonds is 11. The zero-order valence-electron chi connectivity index (χ0n) is 19.6. The second-order valence-corrected chi connectivity index (χ2v) is 7.49. The van der Waals surface area contributed by atoms with Crippen LogP contribution in [-0.4, -0.2) is 32.7 Å². The highest BCUT2D eigenvalue weighted by Gasteiger charge is 2.13. The minimum absolute atomic E-state index is 0.194. The van der Waals surface area contributed by atoms with Gasteiger partial charge in [-0.2, -0.15) is 0 Å². The van der Waals surface area contributed by atoms with E-state index in [-0.39, 0.29) is 18.5 Å². The molecule has 34 heavy (non-hydrogen) atoms. The van der Waals surface area contributed by atoms with Gasteiger partial charge in [-0.25, -0.2) is 4.79 Å². The molecule has 0 atom stereocenters. The Bertz CT molecular complexity index is 1110. The summed E-state index contributed by atoms with van der Waals surface area (Å²) >= 11 is 0. The summed E-state index contributed by atoms with van der Waals surface area (Å²) in [5.74, 6) is 1.15. The van der Waals surface area contributed by atoms with Crippen molar-refractivity contribution in [3.8, 4) is 17.2 Å². The lowest BCUT2D eigenvalue weighted by Gasteiger charge is -2.14. The lowest BCUT2D eigenvalue weighted by molar-refractivity contribution is 0.0499. The average Bonchev–Trinajstić information content (AvgIpc) is 2.87. The molecule has 3 rings (SSSR count). The molecule has 0 heterocycles. The minimum atomic E-state index is -0.374. The van der Waals surface area contributed by atoms with Crippen LogP contribution in [0.1, 0.15) is 46.0 Å². The molecule has 0 aliphatic heterocycles. The van der Waals surface area contributed by atoms with E-state index in [9.17, 15) is 9.59 Å². The van der Waals surface area contributed by atoms with Gasteiger partial charge in [0.05, 0.1) is 26.4 Å². The average molecular weight is 464 g/mol. The van der Waals surface area contributed by atoms with Gasteiger partial charge >= 0.3 is 5.97 Å². The molecule has 0 unspecified atom stereocenters. The quantitative estimate of drug-likeness (QED) is 0.299. The van der Waals surface area contributed by atoms with E-state index in [1.165, 1.54) is 0 Å². The summed E-state index contributed by atoms with van der Waals surface area (Å²) in [7, 11) is 3.14. The number of benzene rings is 3. The molecule has 1 N–H and O–H groups in total. The third-order valence-electron chi connectivity index (χ3n) is 5.10. The van der Waals surface area contributed by atoms with Crippen molar-refractivity contribution in [2.75, 3.05) is 26.1 Å². The molecule has 0 bridgehead atoms. The Morgan fingerprint density at radius 3 is 2.18 bits per heavy atom. The van der Waals surface area contributed by atoms with E-state index in [2.05, 4.69) is 5.32 Å². The number of para-hydroxylation sites is 2. The van der Waals surface area contributed by atoms with Crippen molar-refractivity contribution in [2.45, 2.75) is 26.4 Å². The van der Waals surface area contributed by atoms with E-state index in [1.54, 1.807) is 56.7 Å². The Morgan fingerprint density at radius 1 is 0.824 bits per heavy atom. The number of amides is 1. The molecule has 7 nitrogen and oxygen atoms in total. The zero-order valence-corrected chi connectivity index (χ0v) is 19.6. The van der Waals surface area contributed by atoms with E-state index < -0.39 is 0 Å². The Labute approximate surface area is 199 Å². The third-order valence-corrected chi connectivity index (χ3v) is 5.10. The summed E-state index contributed by atoms with van der Waals surface area (Å²) in [5, 5.41) is 2.84. The number of carbonyl (C=O) groups is 2. The molecule has 178 valence electrons. The number of unbranched alkanes of at least 4 members (excludes halogenated alkanes) is 1. The number of hydrogen-bond donors (Lipinski definition) is 1. The maximum atomic E-state index is 12.8. The Morgan fingerprint density at radius 2 is 1.50 bits per heavy atom.